The van der Waals surface area contributed by atoms with Gasteiger partial charge in [-0.3, -0.25) is 9.59 Å². The molecule has 0 unspecified atom stereocenters. The first-order chi connectivity index (χ1) is 9.95. The largest absolute Gasteiger partial charge is 0.480 e. The average molecular weight is 287 g/mol. The molecule has 0 bridgehead atoms. The van der Waals surface area contributed by atoms with Gasteiger partial charge in [0, 0.05) is 11.9 Å². The van der Waals surface area contributed by atoms with Crippen molar-refractivity contribution in [3.8, 4) is 6.07 Å². The number of hydrogen-bond acceptors (Lipinski definition) is 4. The number of carbonyl (C=O) groups excluding carboxylic acids is 1. The standard InChI is InChI=1S/C15H17N3O3/c1-10(2)12-5-3-4-6-13(12)18-15(21)11(7-16)8-17-9-14(19)20/h3-6,8,10,17H,9H2,1-2H3,(H,18,21)(H,19,20)/b11-8-. The number of amides is 1. The molecule has 110 valence electrons. The van der Waals surface area contributed by atoms with Crippen molar-refractivity contribution in [3.63, 3.8) is 0 Å². The van der Waals surface area contributed by atoms with Crippen LogP contribution in [0.1, 0.15) is 25.3 Å². The molecule has 1 aromatic carbocycles. The van der Waals surface area contributed by atoms with E-state index in [1.807, 2.05) is 26.0 Å². The lowest BCUT2D eigenvalue weighted by atomic mass is 10.0. The fraction of sp³-hybridized carbons (Fsp3) is 0.267. The number of para-hydroxylation sites is 1. The Labute approximate surface area is 123 Å². The summed E-state index contributed by atoms with van der Waals surface area (Å²) in [5.74, 6) is -1.43. The fourth-order valence-electron chi connectivity index (χ4n) is 1.69. The smallest absolute Gasteiger partial charge is 0.322 e. The summed E-state index contributed by atoms with van der Waals surface area (Å²) >= 11 is 0. The van der Waals surface area contributed by atoms with Crippen molar-refractivity contribution < 1.29 is 14.7 Å². The molecule has 0 aliphatic rings. The molecule has 0 heterocycles. The van der Waals surface area contributed by atoms with Gasteiger partial charge in [-0.2, -0.15) is 5.26 Å². The number of carboxylic acids is 1. The summed E-state index contributed by atoms with van der Waals surface area (Å²) in [4.78, 5) is 22.4. The molecule has 0 aliphatic carbocycles. The Balaban J connectivity index is 2.84. The second kappa shape index (κ2) is 7.70. The van der Waals surface area contributed by atoms with Gasteiger partial charge in [-0.05, 0) is 17.5 Å². The van der Waals surface area contributed by atoms with Crippen LogP contribution in [0.4, 0.5) is 5.69 Å². The molecular formula is C15H17N3O3. The maximum atomic E-state index is 12.0. The Kier molecular flexibility index (Phi) is 5.96. The number of nitrogens with one attached hydrogen (secondary N) is 2. The molecule has 0 spiro atoms. The van der Waals surface area contributed by atoms with Crippen LogP contribution in [0, 0.1) is 11.3 Å². The molecule has 0 aliphatic heterocycles. The molecule has 1 rings (SSSR count). The van der Waals surface area contributed by atoms with Crippen LogP contribution in [0.25, 0.3) is 0 Å². The summed E-state index contributed by atoms with van der Waals surface area (Å²) in [5.41, 5.74) is 1.41. The Bertz CT molecular complexity index is 600. The molecule has 21 heavy (non-hydrogen) atoms. The minimum Gasteiger partial charge on any atom is -0.480 e. The van der Waals surface area contributed by atoms with Gasteiger partial charge >= 0.3 is 5.97 Å². The van der Waals surface area contributed by atoms with Crippen molar-refractivity contribution in [3.05, 3.63) is 41.6 Å². The van der Waals surface area contributed by atoms with Crippen LogP contribution >= 0.6 is 0 Å². The average Bonchev–Trinajstić information content (AvgIpc) is 2.43. The molecule has 6 heteroatoms. The van der Waals surface area contributed by atoms with Crippen molar-refractivity contribution in [2.45, 2.75) is 19.8 Å². The van der Waals surface area contributed by atoms with Gasteiger partial charge in [-0.15, -0.1) is 0 Å². The van der Waals surface area contributed by atoms with E-state index in [2.05, 4.69) is 10.6 Å². The first-order valence-electron chi connectivity index (χ1n) is 6.41. The number of nitrogens with zero attached hydrogens (tertiary/aromatic N) is 1. The Morgan fingerprint density at radius 2 is 2.05 bits per heavy atom. The third kappa shape index (κ3) is 4.99. The first kappa shape index (κ1) is 16.2. The van der Waals surface area contributed by atoms with Gasteiger partial charge in [0.1, 0.15) is 18.2 Å². The van der Waals surface area contributed by atoms with Crippen LogP contribution < -0.4 is 10.6 Å². The molecule has 0 saturated heterocycles. The number of carboxylic acid groups (broad SMARTS) is 1. The Morgan fingerprint density at radius 3 is 2.62 bits per heavy atom. The van der Waals surface area contributed by atoms with E-state index in [0.717, 1.165) is 11.8 Å². The van der Waals surface area contributed by atoms with E-state index in [4.69, 9.17) is 10.4 Å². The van der Waals surface area contributed by atoms with E-state index >= 15 is 0 Å². The van der Waals surface area contributed by atoms with Crippen LogP contribution in [0.15, 0.2) is 36.0 Å². The summed E-state index contributed by atoms with van der Waals surface area (Å²) in [6.07, 6.45) is 1.10. The third-order valence-corrected chi connectivity index (χ3v) is 2.70. The van der Waals surface area contributed by atoms with E-state index in [-0.39, 0.29) is 18.0 Å². The number of nitriles is 1. The first-order valence-corrected chi connectivity index (χ1v) is 6.41. The van der Waals surface area contributed by atoms with Gasteiger partial charge in [0.2, 0.25) is 0 Å². The highest BCUT2D eigenvalue weighted by atomic mass is 16.4. The lowest BCUT2D eigenvalue weighted by molar-refractivity contribution is -0.135. The predicted molar refractivity (Wildman–Crippen MR) is 78.5 cm³/mol. The molecule has 0 saturated carbocycles. The number of anilines is 1. The maximum Gasteiger partial charge on any atom is 0.322 e. The van der Waals surface area contributed by atoms with Crippen molar-refractivity contribution in [2.75, 3.05) is 11.9 Å². The van der Waals surface area contributed by atoms with Crippen LogP contribution in [0.5, 0.6) is 0 Å². The number of carbonyl (C=O) groups is 2. The zero-order valence-electron chi connectivity index (χ0n) is 11.9. The second-order valence-corrected chi connectivity index (χ2v) is 4.64. The summed E-state index contributed by atoms with van der Waals surface area (Å²) in [6, 6.07) is 9.06. The predicted octanol–water partition coefficient (Wildman–Crippen LogP) is 1.83. The number of rotatable bonds is 6. The molecule has 1 aromatic rings. The lowest BCUT2D eigenvalue weighted by Crippen LogP contribution is -2.21. The molecule has 6 nitrogen and oxygen atoms in total. The molecule has 0 radical (unpaired) electrons. The van der Waals surface area contributed by atoms with Gasteiger partial charge in [0.05, 0.1) is 0 Å². The molecule has 1 amide bonds. The van der Waals surface area contributed by atoms with Crippen molar-refractivity contribution >= 4 is 17.6 Å². The number of hydrogen-bond donors (Lipinski definition) is 3. The zero-order valence-corrected chi connectivity index (χ0v) is 11.9. The summed E-state index contributed by atoms with van der Waals surface area (Å²) in [7, 11) is 0. The Hall–Kier alpha value is -2.81. The van der Waals surface area contributed by atoms with E-state index in [1.165, 1.54) is 0 Å². The Morgan fingerprint density at radius 1 is 1.38 bits per heavy atom. The SMILES string of the molecule is CC(C)c1ccccc1NC(=O)/C(C#N)=C\NCC(=O)O. The van der Waals surface area contributed by atoms with Crippen molar-refractivity contribution in [1.29, 1.82) is 5.26 Å². The molecule has 0 aromatic heterocycles. The van der Waals surface area contributed by atoms with Crippen LogP contribution in [-0.4, -0.2) is 23.5 Å². The summed E-state index contributed by atoms with van der Waals surface area (Å²) < 4.78 is 0. The van der Waals surface area contributed by atoms with Crippen LogP contribution in [0.2, 0.25) is 0 Å². The van der Waals surface area contributed by atoms with Gasteiger partial charge in [0.25, 0.3) is 5.91 Å². The van der Waals surface area contributed by atoms with E-state index < -0.39 is 11.9 Å². The normalized spacial score (nSPS) is 10.9. The van der Waals surface area contributed by atoms with Gasteiger partial charge in [-0.25, -0.2) is 0 Å². The summed E-state index contributed by atoms with van der Waals surface area (Å²) in [6.45, 7) is 3.64. The van der Waals surface area contributed by atoms with Gasteiger partial charge < -0.3 is 15.7 Å². The van der Waals surface area contributed by atoms with E-state index in [0.29, 0.717) is 5.69 Å². The van der Waals surface area contributed by atoms with Gasteiger partial charge in [0.15, 0.2) is 0 Å². The monoisotopic (exact) mass is 287 g/mol. The highest BCUT2D eigenvalue weighted by Gasteiger charge is 2.12. The van der Waals surface area contributed by atoms with E-state index in [9.17, 15) is 9.59 Å². The summed E-state index contributed by atoms with van der Waals surface area (Å²) in [5, 5.41) is 22.5. The topological polar surface area (TPSA) is 102 Å². The van der Waals surface area contributed by atoms with Crippen LogP contribution in [-0.2, 0) is 9.59 Å². The second-order valence-electron chi connectivity index (χ2n) is 4.64. The molecular weight excluding hydrogens is 270 g/mol. The lowest BCUT2D eigenvalue weighted by Gasteiger charge is -2.13. The highest BCUT2D eigenvalue weighted by molar-refractivity contribution is 6.06. The quantitative estimate of drug-likeness (QED) is 0.547. The minimum atomic E-state index is -1.07. The van der Waals surface area contributed by atoms with E-state index in [1.54, 1.807) is 18.2 Å². The highest BCUT2D eigenvalue weighted by Crippen LogP contribution is 2.23. The molecule has 0 fully saturated rings. The van der Waals surface area contributed by atoms with Crippen LogP contribution in [0.3, 0.4) is 0 Å². The fourth-order valence-corrected chi connectivity index (χ4v) is 1.69. The zero-order chi connectivity index (χ0) is 15.8. The number of aliphatic carboxylic acids is 1. The number of benzene rings is 1. The minimum absolute atomic E-state index is 0.185. The maximum absolute atomic E-state index is 12.0. The molecule has 3 N–H and O–H groups in total. The van der Waals surface area contributed by atoms with Crippen molar-refractivity contribution in [1.82, 2.24) is 5.32 Å². The van der Waals surface area contributed by atoms with Gasteiger partial charge in [-0.1, -0.05) is 32.0 Å². The molecule has 0 atom stereocenters. The van der Waals surface area contributed by atoms with Crippen molar-refractivity contribution in [2.24, 2.45) is 0 Å². The third-order valence-electron chi connectivity index (χ3n) is 2.70.